The van der Waals surface area contributed by atoms with Crippen LogP contribution in [0.2, 0.25) is 0 Å². The van der Waals surface area contributed by atoms with Crippen LogP contribution in [-0.2, 0) is 6.54 Å². The Labute approximate surface area is 108 Å². The van der Waals surface area contributed by atoms with Crippen molar-refractivity contribution in [2.24, 2.45) is 0 Å². The number of amides is 1. The first kappa shape index (κ1) is 12.4. The summed E-state index contributed by atoms with van der Waals surface area (Å²) in [6.45, 7) is 2.29. The maximum absolute atomic E-state index is 11.9. The molecule has 0 aliphatic heterocycles. The number of phenols is 1. The third-order valence-corrected chi connectivity index (χ3v) is 3.32. The number of nitrogens with one attached hydrogen (secondary N) is 1. The van der Waals surface area contributed by atoms with Gasteiger partial charge in [0, 0.05) is 11.1 Å². The predicted octanol–water partition coefficient (Wildman–Crippen LogP) is 1.67. The van der Waals surface area contributed by atoms with Crippen molar-refractivity contribution >= 4 is 22.9 Å². The van der Waals surface area contributed by atoms with Gasteiger partial charge in [0.15, 0.2) is 5.75 Å². The van der Waals surface area contributed by atoms with Crippen molar-refractivity contribution in [2.75, 3.05) is 5.73 Å². The van der Waals surface area contributed by atoms with Crippen LogP contribution in [0.25, 0.3) is 0 Å². The van der Waals surface area contributed by atoms with Crippen LogP contribution in [0.4, 0.5) is 5.69 Å². The van der Waals surface area contributed by atoms with Crippen LogP contribution in [0, 0.1) is 6.92 Å². The number of nitrogens with zero attached hydrogens (tertiary/aromatic N) is 1. The highest BCUT2D eigenvalue weighted by molar-refractivity contribution is 7.11. The van der Waals surface area contributed by atoms with Crippen LogP contribution in [0.1, 0.15) is 20.2 Å². The Morgan fingerprint density at radius 3 is 3.00 bits per heavy atom. The minimum atomic E-state index is -0.356. The van der Waals surface area contributed by atoms with Gasteiger partial charge in [0.05, 0.1) is 22.8 Å². The fourth-order valence-electron chi connectivity index (χ4n) is 1.49. The second kappa shape index (κ2) is 5.05. The first-order chi connectivity index (χ1) is 8.58. The highest BCUT2D eigenvalue weighted by atomic mass is 32.1. The maximum Gasteiger partial charge on any atom is 0.255 e. The van der Waals surface area contributed by atoms with Crippen molar-refractivity contribution in [3.63, 3.8) is 0 Å². The summed E-state index contributed by atoms with van der Waals surface area (Å²) in [4.78, 5) is 16.9. The van der Waals surface area contributed by atoms with Gasteiger partial charge in [-0.3, -0.25) is 4.79 Å². The topological polar surface area (TPSA) is 88.2 Å². The van der Waals surface area contributed by atoms with E-state index in [1.54, 1.807) is 18.3 Å². The van der Waals surface area contributed by atoms with Gasteiger partial charge in [0.25, 0.3) is 5.91 Å². The third kappa shape index (κ3) is 2.60. The van der Waals surface area contributed by atoms with Gasteiger partial charge < -0.3 is 16.2 Å². The van der Waals surface area contributed by atoms with Gasteiger partial charge in [0.1, 0.15) is 0 Å². The molecule has 1 aromatic carbocycles. The minimum absolute atomic E-state index is 0.177. The van der Waals surface area contributed by atoms with Crippen molar-refractivity contribution in [1.29, 1.82) is 0 Å². The van der Waals surface area contributed by atoms with Crippen molar-refractivity contribution < 1.29 is 9.90 Å². The molecule has 94 valence electrons. The van der Waals surface area contributed by atoms with Crippen LogP contribution in [0.15, 0.2) is 24.4 Å². The molecular weight excluding hydrogens is 250 g/mol. The predicted molar refractivity (Wildman–Crippen MR) is 70.5 cm³/mol. The molecule has 2 aromatic rings. The fourth-order valence-corrected chi connectivity index (χ4v) is 2.23. The number of carbonyl (C=O) groups excluding carboxylic acids is 1. The molecule has 0 radical (unpaired) electrons. The number of phenolic OH excluding ortho intramolecular Hbond substituents is 1. The summed E-state index contributed by atoms with van der Waals surface area (Å²) in [5.41, 5.74) is 5.90. The molecule has 0 atom stereocenters. The van der Waals surface area contributed by atoms with Gasteiger partial charge in [-0.05, 0) is 19.1 Å². The second-order valence-electron chi connectivity index (χ2n) is 3.77. The molecule has 5 nitrogen and oxygen atoms in total. The zero-order chi connectivity index (χ0) is 13.1. The second-order valence-corrected chi connectivity index (χ2v) is 5.09. The molecule has 0 spiro atoms. The Morgan fingerprint density at radius 1 is 1.56 bits per heavy atom. The minimum Gasteiger partial charge on any atom is -0.505 e. The number of carbonyl (C=O) groups is 1. The van der Waals surface area contributed by atoms with Crippen LogP contribution < -0.4 is 11.1 Å². The summed E-state index contributed by atoms with van der Waals surface area (Å²) >= 11 is 1.52. The first-order valence-corrected chi connectivity index (χ1v) is 6.16. The number of anilines is 1. The molecule has 0 aliphatic carbocycles. The standard InChI is InChI=1S/C12H13N3O2S/c1-7-14-5-8(18-7)6-15-12(17)9-3-2-4-10(13)11(9)16/h2-5,16H,6,13H2,1H3,(H,15,17). The maximum atomic E-state index is 11.9. The van der Waals surface area contributed by atoms with Crippen LogP contribution in [-0.4, -0.2) is 16.0 Å². The van der Waals surface area contributed by atoms with E-state index in [0.29, 0.717) is 6.54 Å². The van der Waals surface area contributed by atoms with Gasteiger partial charge in [-0.1, -0.05) is 6.07 Å². The van der Waals surface area contributed by atoms with E-state index in [9.17, 15) is 9.90 Å². The molecule has 1 aromatic heterocycles. The largest absolute Gasteiger partial charge is 0.505 e. The average molecular weight is 263 g/mol. The smallest absolute Gasteiger partial charge is 0.255 e. The molecule has 1 heterocycles. The van der Waals surface area contributed by atoms with Crippen molar-refractivity contribution in [3.8, 4) is 5.75 Å². The van der Waals surface area contributed by atoms with Gasteiger partial charge in [-0.15, -0.1) is 11.3 Å². The molecule has 6 heteroatoms. The van der Waals surface area contributed by atoms with Crippen molar-refractivity contribution in [1.82, 2.24) is 10.3 Å². The summed E-state index contributed by atoms with van der Waals surface area (Å²) in [5, 5.41) is 13.3. The molecule has 18 heavy (non-hydrogen) atoms. The molecule has 4 N–H and O–H groups in total. The molecule has 0 unspecified atom stereocenters. The quantitative estimate of drug-likeness (QED) is 0.580. The van der Waals surface area contributed by atoms with E-state index >= 15 is 0 Å². The van der Waals surface area contributed by atoms with E-state index < -0.39 is 0 Å². The van der Waals surface area contributed by atoms with E-state index in [1.165, 1.54) is 17.4 Å². The highest BCUT2D eigenvalue weighted by Crippen LogP contribution is 2.24. The molecule has 0 saturated carbocycles. The van der Waals surface area contributed by atoms with Crippen LogP contribution in [0.3, 0.4) is 0 Å². The normalized spacial score (nSPS) is 10.3. The van der Waals surface area contributed by atoms with E-state index in [4.69, 9.17) is 5.73 Å². The number of hydrogen-bond donors (Lipinski definition) is 3. The zero-order valence-corrected chi connectivity index (χ0v) is 10.6. The lowest BCUT2D eigenvalue weighted by atomic mass is 10.1. The Hall–Kier alpha value is -2.08. The number of thiazole rings is 1. The molecule has 1 amide bonds. The monoisotopic (exact) mass is 263 g/mol. The number of nitrogen functional groups attached to an aromatic ring is 1. The van der Waals surface area contributed by atoms with Crippen molar-refractivity contribution in [3.05, 3.63) is 39.8 Å². The average Bonchev–Trinajstić information content (AvgIpc) is 2.76. The zero-order valence-electron chi connectivity index (χ0n) is 9.80. The molecule has 0 fully saturated rings. The number of aromatic nitrogens is 1. The van der Waals surface area contributed by atoms with E-state index in [2.05, 4.69) is 10.3 Å². The van der Waals surface area contributed by atoms with E-state index in [0.717, 1.165) is 9.88 Å². The number of aryl methyl sites for hydroxylation is 1. The van der Waals surface area contributed by atoms with Gasteiger partial charge in [0.2, 0.25) is 0 Å². The van der Waals surface area contributed by atoms with Gasteiger partial charge in [-0.2, -0.15) is 0 Å². The summed E-state index contributed by atoms with van der Waals surface area (Å²) < 4.78 is 0. The molecular formula is C12H13N3O2S. The lowest BCUT2D eigenvalue weighted by Gasteiger charge is -2.07. The molecule has 2 rings (SSSR count). The molecule has 0 saturated heterocycles. The number of benzene rings is 1. The number of nitrogens with two attached hydrogens (primary N) is 1. The lowest BCUT2D eigenvalue weighted by Crippen LogP contribution is -2.22. The summed E-state index contributed by atoms with van der Waals surface area (Å²) in [5.74, 6) is -0.540. The number of aromatic hydroxyl groups is 1. The highest BCUT2D eigenvalue weighted by Gasteiger charge is 2.12. The van der Waals surface area contributed by atoms with Crippen LogP contribution >= 0.6 is 11.3 Å². The van der Waals surface area contributed by atoms with Gasteiger partial charge in [-0.25, -0.2) is 4.98 Å². The SMILES string of the molecule is Cc1ncc(CNC(=O)c2cccc(N)c2O)s1. The van der Waals surface area contributed by atoms with E-state index in [-0.39, 0.29) is 22.9 Å². The Bertz CT molecular complexity index is 580. The van der Waals surface area contributed by atoms with E-state index in [1.807, 2.05) is 6.92 Å². The Balaban J connectivity index is 2.06. The molecule has 0 aliphatic rings. The number of para-hydroxylation sites is 1. The van der Waals surface area contributed by atoms with Crippen molar-refractivity contribution in [2.45, 2.75) is 13.5 Å². The fraction of sp³-hybridized carbons (Fsp3) is 0.167. The Kier molecular flexibility index (Phi) is 3.47. The van der Waals surface area contributed by atoms with Crippen LogP contribution in [0.5, 0.6) is 5.75 Å². The number of rotatable bonds is 3. The first-order valence-electron chi connectivity index (χ1n) is 5.35. The number of hydrogen-bond acceptors (Lipinski definition) is 5. The summed E-state index contributed by atoms with van der Waals surface area (Å²) in [6.07, 6.45) is 1.72. The lowest BCUT2D eigenvalue weighted by molar-refractivity contribution is 0.0948. The molecule has 0 bridgehead atoms. The summed E-state index contributed by atoms with van der Waals surface area (Å²) in [6, 6.07) is 4.69. The Morgan fingerprint density at radius 2 is 2.33 bits per heavy atom. The third-order valence-electron chi connectivity index (χ3n) is 2.40. The summed E-state index contributed by atoms with van der Waals surface area (Å²) in [7, 11) is 0. The van der Waals surface area contributed by atoms with Gasteiger partial charge >= 0.3 is 0 Å².